The zero-order valence-corrected chi connectivity index (χ0v) is 20.8. The van der Waals surface area contributed by atoms with Crippen molar-refractivity contribution in [1.82, 2.24) is 29.4 Å². The van der Waals surface area contributed by atoms with E-state index in [2.05, 4.69) is 5.10 Å². The summed E-state index contributed by atoms with van der Waals surface area (Å²) in [5.41, 5.74) is 3.34. The highest BCUT2D eigenvalue weighted by molar-refractivity contribution is 6.05. The maximum atomic E-state index is 13.7. The molecule has 1 fully saturated rings. The van der Waals surface area contributed by atoms with Crippen LogP contribution < -0.4 is 5.56 Å². The third-order valence-electron chi connectivity index (χ3n) is 7.35. The molecule has 6 rings (SSSR count). The lowest BCUT2D eigenvalue weighted by molar-refractivity contribution is 0.0717. The minimum atomic E-state index is -0.257. The summed E-state index contributed by atoms with van der Waals surface area (Å²) >= 11 is 0. The highest BCUT2D eigenvalue weighted by Crippen LogP contribution is 2.27. The van der Waals surface area contributed by atoms with Gasteiger partial charge in [0.15, 0.2) is 11.4 Å². The number of fused-ring (bicyclic) bond motifs is 2. The van der Waals surface area contributed by atoms with E-state index < -0.39 is 0 Å². The number of hydrogen-bond acceptors (Lipinski definition) is 5. The van der Waals surface area contributed by atoms with Gasteiger partial charge in [-0.15, -0.1) is 0 Å². The fraction of sp³-hybridized carbons (Fsp3) is 0.321. The van der Waals surface area contributed by atoms with Crippen molar-refractivity contribution in [3.63, 3.8) is 0 Å². The number of aromatic nitrogens is 4. The number of carbonyl (C=O) groups excluding carboxylic acids is 2. The Balaban J connectivity index is 1.38. The molecule has 9 heteroatoms. The second kappa shape index (κ2) is 9.31. The summed E-state index contributed by atoms with van der Waals surface area (Å²) in [6.45, 7) is 2.78. The van der Waals surface area contributed by atoms with Crippen molar-refractivity contribution in [1.29, 1.82) is 0 Å². The predicted molar refractivity (Wildman–Crippen MR) is 138 cm³/mol. The van der Waals surface area contributed by atoms with E-state index in [0.717, 1.165) is 42.8 Å². The molecule has 2 aromatic heterocycles. The second-order valence-corrected chi connectivity index (χ2v) is 9.72. The molecule has 4 aromatic rings. The molecule has 9 nitrogen and oxygen atoms in total. The normalized spacial score (nSPS) is 15.3. The molecule has 0 atom stereocenters. The Morgan fingerprint density at radius 1 is 0.811 bits per heavy atom. The molecule has 0 aliphatic carbocycles. The Morgan fingerprint density at radius 3 is 2.24 bits per heavy atom. The summed E-state index contributed by atoms with van der Waals surface area (Å²) in [5.74, 6) is -0.326. The minimum absolute atomic E-state index is 0.0689. The van der Waals surface area contributed by atoms with Gasteiger partial charge in [-0.2, -0.15) is 10.2 Å². The number of nitrogens with zero attached hydrogens (tertiary/aromatic N) is 6. The van der Waals surface area contributed by atoms with Crippen LogP contribution in [0.3, 0.4) is 0 Å². The van der Waals surface area contributed by atoms with E-state index >= 15 is 0 Å². The summed E-state index contributed by atoms with van der Waals surface area (Å²) in [7, 11) is 1.56. The molecule has 0 N–H and O–H groups in total. The van der Waals surface area contributed by atoms with Gasteiger partial charge in [-0.25, -0.2) is 4.68 Å². The lowest BCUT2D eigenvalue weighted by Gasteiger charge is -2.28. The Labute approximate surface area is 213 Å². The van der Waals surface area contributed by atoms with E-state index in [1.807, 2.05) is 39.9 Å². The molecule has 188 valence electrons. The molecule has 0 unspecified atom stereocenters. The lowest BCUT2D eigenvalue weighted by atomic mass is 10.0. The highest BCUT2D eigenvalue weighted by atomic mass is 16.2. The van der Waals surface area contributed by atoms with Crippen molar-refractivity contribution < 1.29 is 9.59 Å². The molecule has 0 spiro atoms. The molecular weight excluding hydrogens is 468 g/mol. The van der Waals surface area contributed by atoms with Crippen molar-refractivity contribution in [2.24, 2.45) is 7.05 Å². The minimum Gasteiger partial charge on any atom is -0.337 e. The van der Waals surface area contributed by atoms with Crippen molar-refractivity contribution in [2.45, 2.75) is 32.4 Å². The van der Waals surface area contributed by atoms with Crippen LogP contribution in [0.15, 0.2) is 59.4 Å². The van der Waals surface area contributed by atoms with Crippen LogP contribution >= 0.6 is 0 Å². The first-order chi connectivity index (χ1) is 18.0. The van der Waals surface area contributed by atoms with Gasteiger partial charge in [0, 0.05) is 49.7 Å². The van der Waals surface area contributed by atoms with E-state index in [4.69, 9.17) is 5.10 Å². The quantitative estimate of drug-likeness (QED) is 0.433. The van der Waals surface area contributed by atoms with Gasteiger partial charge in [-0.05, 0) is 24.5 Å². The summed E-state index contributed by atoms with van der Waals surface area (Å²) in [6, 6.07) is 17.1. The van der Waals surface area contributed by atoms with Gasteiger partial charge in [-0.1, -0.05) is 48.5 Å². The molecule has 1 saturated heterocycles. The number of likely N-dealkylation sites (tertiary alicyclic amines) is 1. The van der Waals surface area contributed by atoms with E-state index in [0.29, 0.717) is 36.0 Å². The van der Waals surface area contributed by atoms with Crippen LogP contribution in [-0.2, 0) is 26.6 Å². The number of rotatable bonds is 4. The summed E-state index contributed by atoms with van der Waals surface area (Å²) in [4.78, 5) is 43.4. The first-order valence-electron chi connectivity index (χ1n) is 12.7. The average Bonchev–Trinajstić information content (AvgIpc) is 3.59. The zero-order valence-electron chi connectivity index (χ0n) is 20.8. The summed E-state index contributed by atoms with van der Waals surface area (Å²) in [6.07, 6.45) is 2.57. The highest BCUT2D eigenvalue weighted by Gasteiger charge is 2.34. The predicted octanol–water partition coefficient (Wildman–Crippen LogP) is 2.61. The Kier molecular flexibility index (Phi) is 5.82. The molecule has 37 heavy (non-hydrogen) atoms. The van der Waals surface area contributed by atoms with Crippen LogP contribution in [0.2, 0.25) is 0 Å². The number of amides is 2. The monoisotopic (exact) mass is 496 g/mol. The van der Waals surface area contributed by atoms with Crippen molar-refractivity contribution in [3.8, 4) is 0 Å². The van der Waals surface area contributed by atoms with Gasteiger partial charge < -0.3 is 9.80 Å². The van der Waals surface area contributed by atoms with Gasteiger partial charge in [0.05, 0.1) is 18.5 Å². The third kappa shape index (κ3) is 4.10. The molecular formula is C28H28N6O3. The van der Waals surface area contributed by atoms with Crippen molar-refractivity contribution in [3.05, 3.63) is 93.2 Å². The van der Waals surface area contributed by atoms with E-state index in [1.54, 1.807) is 36.2 Å². The van der Waals surface area contributed by atoms with Crippen LogP contribution in [0.25, 0.3) is 10.8 Å². The van der Waals surface area contributed by atoms with Crippen molar-refractivity contribution >= 4 is 22.6 Å². The summed E-state index contributed by atoms with van der Waals surface area (Å²) in [5, 5.41) is 10.1. The molecule has 0 bridgehead atoms. The van der Waals surface area contributed by atoms with Crippen molar-refractivity contribution in [2.75, 3.05) is 19.6 Å². The van der Waals surface area contributed by atoms with Gasteiger partial charge in [-0.3, -0.25) is 19.1 Å². The molecule has 2 aliphatic heterocycles. The largest absolute Gasteiger partial charge is 0.337 e. The standard InChI is InChI=1S/C28H28N6O3/c1-31-26(35)21-12-6-5-11-20(21)24(29-31)28(37)33-16-13-23-22(18-33)25(27(36)32-14-7-8-15-32)30-34(23)17-19-9-3-2-4-10-19/h2-6,9-12H,7-8,13-18H2,1H3. The Bertz CT molecular complexity index is 1570. The second-order valence-electron chi connectivity index (χ2n) is 9.72. The third-order valence-corrected chi connectivity index (χ3v) is 7.35. The SMILES string of the molecule is Cn1nc(C(=O)N2CCc3c(c(C(=O)N4CCCC4)nn3Cc3ccccc3)C2)c2ccccc2c1=O. The van der Waals surface area contributed by atoms with E-state index in [-0.39, 0.29) is 29.6 Å². The smallest absolute Gasteiger partial charge is 0.275 e. The fourth-order valence-corrected chi connectivity index (χ4v) is 5.40. The van der Waals surface area contributed by atoms with Crippen LogP contribution in [-0.4, -0.2) is 60.8 Å². The average molecular weight is 497 g/mol. The molecule has 2 aliphatic rings. The molecule has 0 saturated carbocycles. The number of hydrogen-bond donors (Lipinski definition) is 0. The van der Waals surface area contributed by atoms with Gasteiger partial charge in [0.2, 0.25) is 0 Å². The number of aryl methyl sites for hydroxylation is 1. The first kappa shape index (κ1) is 23.1. The Hall–Kier alpha value is -4.27. The maximum Gasteiger partial charge on any atom is 0.275 e. The zero-order chi connectivity index (χ0) is 25.5. The Morgan fingerprint density at radius 2 is 1.49 bits per heavy atom. The molecule has 0 radical (unpaired) electrons. The van der Waals surface area contributed by atoms with Crippen LogP contribution in [0, 0.1) is 0 Å². The topological polar surface area (TPSA) is 93.3 Å². The molecule has 2 aromatic carbocycles. The lowest BCUT2D eigenvalue weighted by Crippen LogP contribution is -2.39. The molecule has 4 heterocycles. The fourth-order valence-electron chi connectivity index (χ4n) is 5.40. The van der Waals surface area contributed by atoms with Gasteiger partial charge in [0.1, 0.15) is 0 Å². The number of benzene rings is 2. The van der Waals surface area contributed by atoms with Gasteiger partial charge in [0.25, 0.3) is 17.4 Å². The molecule has 2 amide bonds. The maximum absolute atomic E-state index is 13.7. The van der Waals surface area contributed by atoms with E-state index in [9.17, 15) is 14.4 Å². The van der Waals surface area contributed by atoms with Gasteiger partial charge >= 0.3 is 0 Å². The number of carbonyl (C=O) groups is 2. The summed E-state index contributed by atoms with van der Waals surface area (Å²) < 4.78 is 3.14. The van der Waals surface area contributed by atoms with Crippen LogP contribution in [0.4, 0.5) is 0 Å². The van der Waals surface area contributed by atoms with E-state index in [1.165, 1.54) is 4.68 Å². The first-order valence-corrected chi connectivity index (χ1v) is 12.7. The van der Waals surface area contributed by atoms with Crippen LogP contribution in [0.1, 0.15) is 50.6 Å². The van der Waals surface area contributed by atoms with Crippen LogP contribution in [0.5, 0.6) is 0 Å².